The lowest BCUT2D eigenvalue weighted by Gasteiger charge is -2.12. The van der Waals surface area contributed by atoms with Crippen LogP contribution in [0.25, 0.3) is 10.8 Å². The van der Waals surface area contributed by atoms with Crippen LogP contribution in [0.1, 0.15) is 15.9 Å². The Morgan fingerprint density at radius 1 is 0.960 bits per heavy atom. The van der Waals surface area contributed by atoms with Crippen LogP contribution < -0.4 is 14.8 Å². The van der Waals surface area contributed by atoms with E-state index in [0.29, 0.717) is 24.5 Å². The van der Waals surface area contributed by atoms with Gasteiger partial charge in [-0.05, 0) is 41.5 Å². The Hall–Kier alpha value is -3.01. The Labute approximate surface area is 147 Å². The van der Waals surface area contributed by atoms with Crippen molar-refractivity contribution < 1.29 is 14.3 Å². The standard InChI is InChI=1S/C21H21NO3/c1-15-7-3-6-10-19(15)25-12-11-22-21(23)18-13-16-8-4-5-9-17(16)14-20(18)24-2/h3-10,13-14H,11-12H2,1-2H3,(H,22,23). The molecule has 1 N–H and O–H groups in total. The summed E-state index contributed by atoms with van der Waals surface area (Å²) in [6, 6.07) is 19.4. The summed E-state index contributed by atoms with van der Waals surface area (Å²) in [5, 5.41) is 4.93. The van der Waals surface area contributed by atoms with Gasteiger partial charge in [-0.25, -0.2) is 0 Å². The van der Waals surface area contributed by atoms with Gasteiger partial charge in [0.25, 0.3) is 5.91 Å². The zero-order valence-electron chi connectivity index (χ0n) is 14.4. The van der Waals surface area contributed by atoms with Crippen LogP contribution in [0.5, 0.6) is 11.5 Å². The molecule has 0 fully saturated rings. The summed E-state index contributed by atoms with van der Waals surface area (Å²) in [5.41, 5.74) is 1.60. The Bertz CT molecular complexity index is 889. The lowest BCUT2D eigenvalue weighted by atomic mass is 10.1. The molecule has 0 aliphatic heterocycles. The topological polar surface area (TPSA) is 47.6 Å². The molecule has 0 spiro atoms. The monoisotopic (exact) mass is 335 g/mol. The molecule has 0 heterocycles. The van der Waals surface area contributed by atoms with Crippen molar-refractivity contribution in [2.45, 2.75) is 6.92 Å². The van der Waals surface area contributed by atoms with Crippen LogP contribution in [-0.2, 0) is 0 Å². The number of amides is 1. The highest BCUT2D eigenvalue weighted by Gasteiger charge is 2.13. The van der Waals surface area contributed by atoms with Crippen molar-refractivity contribution in [1.82, 2.24) is 5.32 Å². The first-order valence-corrected chi connectivity index (χ1v) is 8.22. The molecule has 1 amide bonds. The first kappa shape index (κ1) is 16.8. The van der Waals surface area contributed by atoms with Gasteiger partial charge < -0.3 is 14.8 Å². The molecule has 25 heavy (non-hydrogen) atoms. The van der Waals surface area contributed by atoms with E-state index in [4.69, 9.17) is 9.47 Å². The van der Waals surface area contributed by atoms with Crippen molar-refractivity contribution in [2.24, 2.45) is 0 Å². The molecular formula is C21H21NO3. The van der Waals surface area contributed by atoms with Crippen LogP contribution >= 0.6 is 0 Å². The van der Waals surface area contributed by atoms with Gasteiger partial charge in [0.15, 0.2) is 0 Å². The van der Waals surface area contributed by atoms with Gasteiger partial charge in [-0.1, -0.05) is 42.5 Å². The molecular weight excluding hydrogens is 314 g/mol. The zero-order chi connectivity index (χ0) is 17.6. The molecule has 3 aromatic carbocycles. The Kier molecular flexibility index (Phi) is 5.19. The van der Waals surface area contributed by atoms with E-state index >= 15 is 0 Å². The van der Waals surface area contributed by atoms with Gasteiger partial charge >= 0.3 is 0 Å². The number of carbonyl (C=O) groups excluding carboxylic acids is 1. The molecule has 4 nitrogen and oxygen atoms in total. The van der Waals surface area contributed by atoms with E-state index in [2.05, 4.69) is 5.32 Å². The third kappa shape index (κ3) is 3.91. The summed E-state index contributed by atoms with van der Waals surface area (Å²) < 4.78 is 11.1. The number of carbonyl (C=O) groups is 1. The quantitative estimate of drug-likeness (QED) is 0.694. The molecule has 0 bridgehead atoms. The number of nitrogens with one attached hydrogen (secondary N) is 1. The minimum Gasteiger partial charge on any atom is -0.496 e. The maximum Gasteiger partial charge on any atom is 0.255 e. The number of methoxy groups -OCH3 is 1. The Balaban J connectivity index is 1.65. The molecule has 0 aliphatic carbocycles. The fourth-order valence-corrected chi connectivity index (χ4v) is 2.70. The number of aryl methyl sites for hydroxylation is 1. The van der Waals surface area contributed by atoms with Crippen LogP contribution in [-0.4, -0.2) is 26.2 Å². The summed E-state index contributed by atoms with van der Waals surface area (Å²) in [6.45, 7) is 2.82. The average molecular weight is 335 g/mol. The molecule has 0 radical (unpaired) electrons. The van der Waals surface area contributed by atoms with E-state index in [9.17, 15) is 4.79 Å². The highest BCUT2D eigenvalue weighted by Crippen LogP contribution is 2.25. The van der Waals surface area contributed by atoms with E-state index in [0.717, 1.165) is 22.1 Å². The summed E-state index contributed by atoms with van der Waals surface area (Å²) in [4.78, 5) is 12.5. The predicted octanol–water partition coefficient (Wildman–Crippen LogP) is 3.97. The van der Waals surface area contributed by atoms with Crippen molar-refractivity contribution in [1.29, 1.82) is 0 Å². The zero-order valence-corrected chi connectivity index (χ0v) is 14.4. The second-order valence-corrected chi connectivity index (χ2v) is 5.77. The lowest BCUT2D eigenvalue weighted by molar-refractivity contribution is 0.0944. The predicted molar refractivity (Wildman–Crippen MR) is 99.5 cm³/mol. The molecule has 0 unspecified atom stereocenters. The number of rotatable bonds is 6. The van der Waals surface area contributed by atoms with Crippen molar-refractivity contribution in [3.05, 3.63) is 71.8 Å². The van der Waals surface area contributed by atoms with Crippen LogP contribution in [0, 0.1) is 6.92 Å². The third-order valence-electron chi connectivity index (χ3n) is 4.05. The molecule has 3 rings (SSSR count). The normalized spacial score (nSPS) is 10.5. The van der Waals surface area contributed by atoms with Crippen molar-refractivity contribution in [3.63, 3.8) is 0 Å². The van der Waals surface area contributed by atoms with Crippen LogP contribution in [0.2, 0.25) is 0 Å². The number of fused-ring (bicyclic) bond motifs is 1. The molecule has 4 heteroatoms. The van der Waals surface area contributed by atoms with E-state index < -0.39 is 0 Å². The van der Waals surface area contributed by atoms with Crippen LogP contribution in [0.3, 0.4) is 0 Å². The molecule has 0 saturated carbocycles. The molecule has 0 saturated heterocycles. The molecule has 0 atom stereocenters. The summed E-state index contributed by atoms with van der Waals surface area (Å²) in [7, 11) is 1.57. The fourth-order valence-electron chi connectivity index (χ4n) is 2.70. The fraction of sp³-hybridized carbons (Fsp3) is 0.190. The molecule has 0 aliphatic rings. The first-order chi connectivity index (χ1) is 12.2. The van der Waals surface area contributed by atoms with E-state index in [1.54, 1.807) is 7.11 Å². The van der Waals surface area contributed by atoms with Gasteiger partial charge in [-0.3, -0.25) is 4.79 Å². The third-order valence-corrected chi connectivity index (χ3v) is 4.05. The average Bonchev–Trinajstić information content (AvgIpc) is 2.65. The van der Waals surface area contributed by atoms with Crippen molar-refractivity contribution in [3.8, 4) is 11.5 Å². The van der Waals surface area contributed by atoms with Gasteiger partial charge in [0, 0.05) is 0 Å². The lowest BCUT2D eigenvalue weighted by Crippen LogP contribution is -2.28. The number of hydrogen-bond acceptors (Lipinski definition) is 3. The first-order valence-electron chi connectivity index (χ1n) is 8.22. The van der Waals surface area contributed by atoms with Gasteiger partial charge in [0.2, 0.25) is 0 Å². The number of hydrogen-bond donors (Lipinski definition) is 1. The van der Waals surface area contributed by atoms with Gasteiger partial charge in [0.05, 0.1) is 19.2 Å². The molecule has 3 aromatic rings. The Morgan fingerprint density at radius 2 is 1.64 bits per heavy atom. The minimum absolute atomic E-state index is 0.170. The summed E-state index contributed by atoms with van der Waals surface area (Å²) >= 11 is 0. The van der Waals surface area contributed by atoms with E-state index in [1.807, 2.05) is 67.6 Å². The SMILES string of the molecule is COc1cc2ccccc2cc1C(=O)NCCOc1ccccc1C. The Morgan fingerprint density at radius 3 is 2.36 bits per heavy atom. The van der Waals surface area contributed by atoms with Crippen LogP contribution in [0.4, 0.5) is 0 Å². The van der Waals surface area contributed by atoms with Crippen LogP contribution in [0.15, 0.2) is 60.7 Å². The smallest absolute Gasteiger partial charge is 0.255 e. The van der Waals surface area contributed by atoms with Crippen molar-refractivity contribution >= 4 is 16.7 Å². The summed E-state index contributed by atoms with van der Waals surface area (Å²) in [6.07, 6.45) is 0. The second kappa shape index (κ2) is 7.71. The highest BCUT2D eigenvalue weighted by molar-refractivity contribution is 6.01. The molecule has 0 aromatic heterocycles. The van der Waals surface area contributed by atoms with Crippen molar-refractivity contribution in [2.75, 3.05) is 20.3 Å². The summed E-state index contributed by atoms with van der Waals surface area (Å²) in [5.74, 6) is 1.23. The largest absolute Gasteiger partial charge is 0.496 e. The second-order valence-electron chi connectivity index (χ2n) is 5.77. The molecule has 128 valence electrons. The highest BCUT2D eigenvalue weighted by atomic mass is 16.5. The minimum atomic E-state index is -0.170. The van der Waals surface area contributed by atoms with Gasteiger partial charge in [-0.15, -0.1) is 0 Å². The number of para-hydroxylation sites is 1. The number of benzene rings is 3. The maximum atomic E-state index is 12.5. The number of ether oxygens (including phenoxy) is 2. The van der Waals surface area contributed by atoms with Gasteiger partial charge in [-0.2, -0.15) is 0 Å². The van der Waals surface area contributed by atoms with E-state index in [-0.39, 0.29) is 5.91 Å². The van der Waals surface area contributed by atoms with Gasteiger partial charge in [0.1, 0.15) is 18.1 Å². The van der Waals surface area contributed by atoms with E-state index in [1.165, 1.54) is 0 Å². The maximum absolute atomic E-state index is 12.5.